The Kier molecular flexibility index (Phi) is 12.1. The van der Waals surface area contributed by atoms with Gasteiger partial charge in [-0.05, 0) is 174 Å². The fourth-order valence-electron chi connectivity index (χ4n) is 16.4. The third-order valence-electron chi connectivity index (χ3n) is 19.3. The standard InChI is InChI=1S/C26H38O4.C20H30O2.C6H8O2/c1-16(2)17-14-25-12-8-19-23(3,9-6-10-24(19,4)22(28)29)21(25)13-18(17)26(30-15-27)11-5-7-20(25)26;1-13(2)14-6-8-16-15(12-14)7-9-17-19(16,3)10-5-11-20(17,4)18(21)22;7-6(8)5-3-1-2-4-5/h14-16,18-21H,5-13H2,1-4H3,(H,28,29);6,12-13,16-17H,5,7-11H2,1-4H3,(H,21,22);3H,1-2,4H2,(H,7,8). The zero-order valence-electron chi connectivity index (χ0n) is 38.1. The van der Waals surface area contributed by atoms with Gasteiger partial charge in [-0.25, -0.2) is 4.79 Å². The van der Waals surface area contributed by atoms with Crippen molar-refractivity contribution < 1.29 is 39.2 Å². The summed E-state index contributed by atoms with van der Waals surface area (Å²) < 4.78 is 6.09. The zero-order valence-corrected chi connectivity index (χ0v) is 38.1. The van der Waals surface area contributed by atoms with Crippen LogP contribution in [0.15, 0.2) is 46.6 Å². The lowest BCUT2D eigenvalue weighted by Crippen LogP contribution is -2.68. The fourth-order valence-corrected chi connectivity index (χ4v) is 16.4. The Hall–Kier alpha value is -3.16. The van der Waals surface area contributed by atoms with E-state index in [9.17, 15) is 29.4 Å². The summed E-state index contributed by atoms with van der Waals surface area (Å²) in [7, 11) is 0. The maximum absolute atomic E-state index is 12.4. The first kappa shape index (κ1) is 44.9. The van der Waals surface area contributed by atoms with Gasteiger partial charge in [0, 0.05) is 17.4 Å². The van der Waals surface area contributed by atoms with Gasteiger partial charge in [-0.3, -0.25) is 14.4 Å². The van der Waals surface area contributed by atoms with Crippen molar-refractivity contribution in [2.45, 2.75) is 177 Å². The number of hydrogen-bond acceptors (Lipinski definition) is 5. The summed E-state index contributed by atoms with van der Waals surface area (Å²) in [4.78, 5) is 46.1. The number of carbonyl (C=O) groups excluding carboxylic acids is 1. The lowest BCUT2D eigenvalue weighted by molar-refractivity contribution is -0.231. The van der Waals surface area contributed by atoms with Gasteiger partial charge < -0.3 is 20.1 Å². The van der Waals surface area contributed by atoms with E-state index >= 15 is 0 Å². The summed E-state index contributed by atoms with van der Waals surface area (Å²) in [6.07, 6.45) is 27.7. The minimum Gasteiger partial charge on any atom is -0.481 e. The summed E-state index contributed by atoms with van der Waals surface area (Å²) in [5.74, 6) is 1.45. The predicted octanol–water partition coefficient (Wildman–Crippen LogP) is 12.0. The van der Waals surface area contributed by atoms with E-state index in [2.05, 4.69) is 59.8 Å². The van der Waals surface area contributed by atoms with Crippen molar-refractivity contribution in [3.63, 3.8) is 0 Å². The second-order valence-electron chi connectivity index (χ2n) is 22.5. The predicted molar refractivity (Wildman–Crippen MR) is 234 cm³/mol. The van der Waals surface area contributed by atoms with Crippen molar-refractivity contribution in [1.29, 1.82) is 0 Å². The molecule has 6 fully saturated rings. The van der Waals surface area contributed by atoms with Gasteiger partial charge in [-0.15, -0.1) is 0 Å². The summed E-state index contributed by atoms with van der Waals surface area (Å²) in [5, 5.41) is 28.4. The molecular weight excluding hydrogens is 753 g/mol. The molecule has 12 atom stereocenters. The number of hydrogen-bond donors (Lipinski definition) is 3. The number of rotatable bonds is 7. The van der Waals surface area contributed by atoms with Crippen LogP contribution < -0.4 is 0 Å². The summed E-state index contributed by atoms with van der Waals surface area (Å²) >= 11 is 0. The molecule has 6 saturated carbocycles. The molecule has 0 aliphatic heterocycles. The van der Waals surface area contributed by atoms with E-state index in [1.54, 1.807) is 11.6 Å². The number of carbonyl (C=O) groups is 4. The highest BCUT2D eigenvalue weighted by Gasteiger charge is 2.73. The zero-order chi connectivity index (χ0) is 43.6. The molecule has 10 aliphatic rings. The molecule has 0 heterocycles. The number of carboxylic acids is 3. The topological polar surface area (TPSA) is 138 Å². The minimum absolute atomic E-state index is 0.0524. The average molecular weight is 829 g/mol. The van der Waals surface area contributed by atoms with E-state index in [0.717, 1.165) is 116 Å². The molecule has 0 aromatic heterocycles. The van der Waals surface area contributed by atoms with Crippen LogP contribution in [0.3, 0.4) is 0 Å². The first-order chi connectivity index (χ1) is 28.2. The monoisotopic (exact) mass is 829 g/mol. The average Bonchev–Trinajstić information content (AvgIpc) is 3.91. The van der Waals surface area contributed by atoms with E-state index in [0.29, 0.717) is 47.0 Å². The van der Waals surface area contributed by atoms with Gasteiger partial charge in [0.1, 0.15) is 5.60 Å². The maximum atomic E-state index is 12.4. The van der Waals surface area contributed by atoms with Crippen molar-refractivity contribution in [2.24, 2.45) is 74.4 Å². The van der Waals surface area contributed by atoms with Crippen LogP contribution in [0.1, 0.15) is 171 Å². The molecule has 1 spiro atoms. The lowest BCUT2D eigenvalue weighted by atomic mass is 9.34. The summed E-state index contributed by atoms with van der Waals surface area (Å²) in [6.45, 7) is 18.6. The van der Waals surface area contributed by atoms with Gasteiger partial charge >= 0.3 is 17.9 Å². The smallest absolute Gasteiger partial charge is 0.331 e. The molecule has 60 heavy (non-hydrogen) atoms. The third-order valence-corrected chi connectivity index (χ3v) is 19.3. The highest BCUT2D eigenvalue weighted by atomic mass is 16.5. The van der Waals surface area contributed by atoms with Crippen molar-refractivity contribution >= 4 is 24.4 Å². The van der Waals surface area contributed by atoms with E-state index in [-0.39, 0.29) is 27.8 Å². The molecule has 8 heteroatoms. The van der Waals surface area contributed by atoms with Crippen molar-refractivity contribution in [1.82, 2.24) is 0 Å². The molecule has 0 amide bonds. The van der Waals surface area contributed by atoms with Gasteiger partial charge in [-0.1, -0.05) is 89.8 Å². The molecule has 10 aliphatic carbocycles. The molecule has 10 rings (SSSR count). The Bertz CT molecular complexity index is 1850. The minimum atomic E-state index is -0.748. The van der Waals surface area contributed by atoms with Gasteiger partial charge in [0.15, 0.2) is 0 Å². The van der Waals surface area contributed by atoms with Gasteiger partial charge in [0.25, 0.3) is 6.47 Å². The van der Waals surface area contributed by atoms with E-state index < -0.39 is 28.7 Å². The Labute approximate surface area is 360 Å². The summed E-state index contributed by atoms with van der Waals surface area (Å²) in [5.41, 5.74) is 3.99. The van der Waals surface area contributed by atoms with Gasteiger partial charge in [-0.2, -0.15) is 0 Å². The molecule has 2 bridgehead atoms. The number of fused-ring (bicyclic) bond motifs is 4. The number of ether oxygens (including phenoxy) is 1. The van der Waals surface area contributed by atoms with E-state index in [1.807, 2.05) is 13.8 Å². The number of carboxylic acid groups (broad SMARTS) is 3. The van der Waals surface area contributed by atoms with Crippen LogP contribution in [0, 0.1) is 74.4 Å². The lowest BCUT2D eigenvalue weighted by Gasteiger charge is -2.71. The quantitative estimate of drug-likeness (QED) is 0.170. The largest absolute Gasteiger partial charge is 0.481 e. The van der Waals surface area contributed by atoms with Crippen molar-refractivity contribution in [3.8, 4) is 0 Å². The van der Waals surface area contributed by atoms with E-state index in [4.69, 9.17) is 9.84 Å². The van der Waals surface area contributed by atoms with Crippen LogP contribution in [-0.4, -0.2) is 45.3 Å². The molecule has 0 aromatic rings. The Morgan fingerprint density at radius 1 is 0.700 bits per heavy atom. The van der Waals surface area contributed by atoms with Gasteiger partial charge in [0.2, 0.25) is 0 Å². The van der Waals surface area contributed by atoms with Gasteiger partial charge in [0.05, 0.1) is 10.8 Å². The third kappa shape index (κ3) is 6.90. The second kappa shape index (κ2) is 16.2. The normalized spacial score (nSPS) is 43.4. The van der Waals surface area contributed by atoms with Crippen LogP contribution in [0.2, 0.25) is 0 Å². The second-order valence-corrected chi connectivity index (χ2v) is 22.5. The van der Waals surface area contributed by atoms with Crippen LogP contribution in [0.5, 0.6) is 0 Å². The van der Waals surface area contributed by atoms with Crippen LogP contribution in [0.25, 0.3) is 0 Å². The van der Waals surface area contributed by atoms with Crippen LogP contribution >= 0.6 is 0 Å². The number of allylic oxidation sites excluding steroid dienone is 6. The molecule has 0 radical (unpaired) electrons. The number of aliphatic carboxylic acids is 3. The fraction of sp³-hybridized carbons (Fsp3) is 0.769. The molecule has 0 saturated heterocycles. The summed E-state index contributed by atoms with van der Waals surface area (Å²) in [6, 6.07) is 0. The van der Waals surface area contributed by atoms with Crippen molar-refractivity contribution in [3.05, 3.63) is 46.6 Å². The molecule has 332 valence electrons. The molecule has 8 nitrogen and oxygen atoms in total. The highest BCUT2D eigenvalue weighted by Crippen LogP contribution is 2.77. The molecule has 12 unspecified atom stereocenters. The van der Waals surface area contributed by atoms with Crippen LogP contribution in [-0.2, 0) is 23.9 Å². The molecule has 3 N–H and O–H groups in total. The maximum Gasteiger partial charge on any atom is 0.331 e. The Balaban J connectivity index is 0.000000158. The van der Waals surface area contributed by atoms with Crippen LogP contribution in [0.4, 0.5) is 0 Å². The molecular formula is C52H76O8. The Morgan fingerprint density at radius 3 is 1.90 bits per heavy atom. The SMILES string of the molecule is CC(C)C1=CC23CCC4C(C)(C(=O)O)CCCC4(C)C2CC1C1(OC=O)CCCC31.CC(C)C1=CCC2C(=C1)CCC1C(C)(C(=O)O)CCCC21C.O=C(O)C1=CCCC1. The van der Waals surface area contributed by atoms with E-state index in [1.165, 1.54) is 17.6 Å². The highest BCUT2D eigenvalue weighted by molar-refractivity contribution is 5.86. The first-order valence-corrected chi connectivity index (χ1v) is 23.9. The molecule has 0 aromatic carbocycles. The Morgan fingerprint density at radius 2 is 1.35 bits per heavy atom. The van der Waals surface area contributed by atoms with Crippen molar-refractivity contribution in [2.75, 3.05) is 0 Å². The first-order valence-electron chi connectivity index (χ1n) is 23.9.